The summed E-state index contributed by atoms with van der Waals surface area (Å²) in [4.78, 5) is 15.5. The molecule has 4 rings (SSSR count). The Morgan fingerprint density at radius 3 is 3.10 bits per heavy atom. The second-order valence-corrected chi connectivity index (χ2v) is 5.23. The van der Waals surface area contributed by atoms with Crippen LogP contribution in [-0.4, -0.2) is 35.6 Å². The molecule has 1 N–H and O–H groups in total. The maximum Gasteiger partial charge on any atom is 0.356 e. The van der Waals surface area contributed by atoms with Crippen LogP contribution in [0.3, 0.4) is 0 Å². The minimum absolute atomic E-state index is 0.00736. The molecule has 0 bridgehead atoms. The highest BCUT2D eigenvalue weighted by Gasteiger charge is 2.31. The fourth-order valence-corrected chi connectivity index (χ4v) is 3.03. The molecule has 0 radical (unpaired) electrons. The normalized spacial score (nSPS) is 19.3. The van der Waals surface area contributed by atoms with Gasteiger partial charge in [0.2, 0.25) is 0 Å². The van der Waals surface area contributed by atoms with Crippen molar-refractivity contribution in [1.82, 2.24) is 24.5 Å². The number of hydrogen-bond donors (Lipinski definition) is 1. The SMILES string of the molecule is Cc1nnn2c1Cc1c(C(=O)O)ncn1[C@@H]1CC=CC=C12. The van der Waals surface area contributed by atoms with E-state index in [1.165, 1.54) is 0 Å². The van der Waals surface area contributed by atoms with Crippen molar-refractivity contribution in [2.75, 3.05) is 0 Å². The van der Waals surface area contributed by atoms with Crippen LogP contribution in [0.2, 0.25) is 0 Å². The van der Waals surface area contributed by atoms with Gasteiger partial charge in [0.25, 0.3) is 0 Å². The van der Waals surface area contributed by atoms with E-state index in [4.69, 9.17) is 0 Å². The Hall–Kier alpha value is -2.70. The number of allylic oxidation sites excluding steroid dienone is 4. The highest BCUT2D eigenvalue weighted by molar-refractivity contribution is 5.87. The number of nitrogens with zero attached hydrogens (tertiary/aromatic N) is 5. The predicted molar refractivity (Wildman–Crippen MR) is 73.8 cm³/mol. The first-order chi connectivity index (χ1) is 10.2. The van der Waals surface area contributed by atoms with Crippen molar-refractivity contribution in [2.24, 2.45) is 0 Å². The van der Waals surface area contributed by atoms with E-state index >= 15 is 0 Å². The summed E-state index contributed by atoms with van der Waals surface area (Å²) in [6, 6.07) is 0.00736. The van der Waals surface area contributed by atoms with Crippen LogP contribution < -0.4 is 0 Å². The zero-order valence-corrected chi connectivity index (χ0v) is 11.4. The van der Waals surface area contributed by atoms with Gasteiger partial charge in [-0.05, 0) is 19.4 Å². The van der Waals surface area contributed by atoms with E-state index < -0.39 is 5.97 Å². The number of carboxylic acids is 1. The Balaban J connectivity index is 2.01. The van der Waals surface area contributed by atoms with E-state index in [1.807, 2.05) is 28.3 Å². The van der Waals surface area contributed by atoms with Crippen molar-refractivity contribution in [1.29, 1.82) is 0 Å². The molecule has 2 aromatic rings. The number of carbonyl (C=O) groups is 1. The summed E-state index contributed by atoms with van der Waals surface area (Å²) in [6.45, 7) is 1.89. The molecule has 21 heavy (non-hydrogen) atoms. The Bertz CT molecular complexity index is 811. The second-order valence-electron chi connectivity index (χ2n) is 5.23. The molecule has 0 saturated carbocycles. The molecular formula is C14H13N5O2. The minimum Gasteiger partial charge on any atom is -0.476 e. The fourth-order valence-electron chi connectivity index (χ4n) is 3.03. The number of rotatable bonds is 1. The summed E-state index contributed by atoms with van der Waals surface area (Å²) in [5, 5.41) is 17.7. The lowest BCUT2D eigenvalue weighted by Gasteiger charge is -2.22. The Labute approximate surface area is 120 Å². The minimum atomic E-state index is -1.00. The molecular weight excluding hydrogens is 270 g/mol. The van der Waals surface area contributed by atoms with Gasteiger partial charge in [0, 0.05) is 6.42 Å². The van der Waals surface area contributed by atoms with Crippen LogP contribution in [0.25, 0.3) is 5.70 Å². The van der Waals surface area contributed by atoms with Gasteiger partial charge in [0.1, 0.15) is 0 Å². The average Bonchev–Trinajstić information content (AvgIpc) is 3.01. The van der Waals surface area contributed by atoms with Crippen LogP contribution in [0, 0.1) is 6.92 Å². The number of imidazole rings is 1. The second kappa shape index (κ2) is 4.15. The molecule has 3 heterocycles. The number of hydrogen-bond acceptors (Lipinski definition) is 4. The number of aryl methyl sites for hydroxylation is 1. The third-order valence-electron chi connectivity index (χ3n) is 4.08. The van der Waals surface area contributed by atoms with Gasteiger partial charge in [0.05, 0.1) is 35.1 Å². The van der Waals surface area contributed by atoms with Crippen LogP contribution in [0.5, 0.6) is 0 Å². The van der Waals surface area contributed by atoms with Gasteiger partial charge in [-0.1, -0.05) is 17.4 Å². The summed E-state index contributed by atoms with van der Waals surface area (Å²) >= 11 is 0. The summed E-state index contributed by atoms with van der Waals surface area (Å²) in [5.74, 6) is -1.00. The molecule has 0 fully saturated rings. The fraction of sp³-hybridized carbons (Fsp3) is 0.286. The Kier molecular flexibility index (Phi) is 2.38. The van der Waals surface area contributed by atoms with Gasteiger partial charge in [0.15, 0.2) is 5.69 Å². The number of aromatic nitrogens is 5. The molecule has 2 aliphatic rings. The topological polar surface area (TPSA) is 85.8 Å². The summed E-state index contributed by atoms with van der Waals surface area (Å²) in [5.41, 5.74) is 3.55. The van der Waals surface area contributed by atoms with Crippen molar-refractivity contribution in [3.8, 4) is 0 Å². The molecule has 1 aliphatic carbocycles. The predicted octanol–water partition coefficient (Wildman–Crippen LogP) is 1.43. The molecule has 0 spiro atoms. The standard InChI is InChI=1S/C14H13N5O2/c1-8-11-6-12-13(14(20)21)15-7-18(12)9-4-2-3-5-10(9)19(11)17-16-8/h2-3,5,7,9H,4,6H2,1H3,(H,20,21)/t9-/m1/s1. The van der Waals surface area contributed by atoms with Crippen LogP contribution in [-0.2, 0) is 6.42 Å². The van der Waals surface area contributed by atoms with Gasteiger partial charge in [-0.2, -0.15) is 0 Å². The smallest absolute Gasteiger partial charge is 0.356 e. The summed E-state index contributed by atoms with van der Waals surface area (Å²) in [6.07, 6.45) is 8.92. The molecule has 7 nitrogen and oxygen atoms in total. The molecule has 0 amide bonds. The third-order valence-corrected chi connectivity index (χ3v) is 4.08. The van der Waals surface area contributed by atoms with Crippen LogP contribution in [0.1, 0.15) is 40.0 Å². The lowest BCUT2D eigenvalue weighted by Crippen LogP contribution is -2.16. The number of aromatic carboxylic acids is 1. The monoisotopic (exact) mass is 283 g/mol. The van der Waals surface area contributed by atoms with Gasteiger partial charge >= 0.3 is 5.97 Å². The summed E-state index contributed by atoms with van der Waals surface area (Å²) in [7, 11) is 0. The van der Waals surface area contributed by atoms with Crippen LogP contribution in [0.15, 0.2) is 24.6 Å². The van der Waals surface area contributed by atoms with E-state index in [0.717, 1.165) is 23.5 Å². The molecule has 106 valence electrons. The first kappa shape index (κ1) is 12.1. The average molecular weight is 283 g/mol. The van der Waals surface area contributed by atoms with E-state index in [2.05, 4.69) is 21.4 Å². The maximum atomic E-state index is 11.4. The van der Waals surface area contributed by atoms with E-state index in [1.54, 1.807) is 6.33 Å². The molecule has 2 aromatic heterocycles. The molecule has 7 heteroatoms. The molecule has 0 aromatic carbocycles. The highest BCUT2D eigenvalue weighted by atomic mass is 16.4. The molecule has 1 atom stereocenters. The quantitative estimate of drug-likeness (QED) is 0.855. The zero-order valence-electron chi connectivity index (χ0n) is 11.4. The first-order valence-electron chi connectivity index (χ1n) is 6.74. The maximum absolute atomic E-state index is 11.4. The Morgan fingerprint density at radius 2 is 2.29 bits per heavy atom. The largest absolute Gasteiger partial charge is 0.476 e. The summed E-state index contributed by atoms with van der Waals surface area (Å²) < 4.78 is 3.79. The molecule has 0 unspecified atom stereocenters. The van der Waals surface area contributed by atoms with E-state index in [9.17, 15) is 9.90 Å². The number of fused-ring (bicyclic) bond motifs is 5. The molecule has 0 saturated heterocycles. The van der Waals surface area contributed by atoms with Gasteiger partial charge in [-0.25, -0.2) is 14.5 Å². The van der Waals surface area contributed by atoms with Crippen LogP contribution in [0.4, 0.5) is 0 Å². The molecule has 1 aliphatic heterocycles. The first-order valence-corrected chi connectivity index (χ1v) is 6.74. The van der Waals surface area contributed by atoms with Crippen molar-refractivity contribution in [3.63, 3.8) is 0 Å². The van der Waals surface area contributed by atoms with E-state index in [-0.39, 0.29) is 11.7 Å². The van der Waals surface area contributed by atoms with Crippen molar-refractivity contribution in [2.45, 2.75) is 25.8 Å². The van der Waals surface area contributed by atoms with Gasteiger partial charge in [-0.15, -0.1) is 5.10 Å². The van der Waals surface area contributed by atoms with Crippen molar-refractivity contribution in [3.05, 3.63) is 47.3 Å². The lowest BCUT2D eigenvalue weighted by atomic mass is 10.0. The lowest BCUT2D eigenvalue weighted by molar-refractivity contribution is 0.0689. The highest BCUT2D eigenvalue weighted by Crippen LogP contribution is 2.36. The number of carboxylic acid groups (broad SMARTS) is 1. The van der Waals surface area contributed by atoms with Crippen LogP contribution >= 0.6 is 0 Å². The van der Waals surface area contributed by atoms with Crippen molar-refractivity contribution < 1.29 is 9.90 Å². The zero-order chi connectivity index (χ0) is 14.6. The Morgan fingerprint density at radius 1 is 1.43 bits per heavy atom. The van der Waals surface area contributed by atoms with E-state index in [0.29, 0.717) is 12.1 Å². The van der Waals surface area contributed by atoms with Crippen molar-refractivity contribution >= 4 is 11.7 Å². The van der Waals surface area contributed by atoms with Gasteiger partial charge < -0.3 is 9.67 Å². The van der Waals surface area contributed by atoms with Gasteiger partial charge in [-0.3, -0.25) is 0 Å². The third kappa shape index (κ3) is 1.60.